The van der Waals surface area contributed by atoms with Crippen molar-refractivity contribution in [3.05, 3.63) is 124 Å². The number of rotatable bonds is 16. The maximum atomic E-state index is 15.8. The fraction of sp³-hybridized carbons (Fsp3) is 0.324. The highest BCUT2D eigenvalue weighted by Gasteiger charge is 2.45. The fourth-order valence-electron chi connectivity index (χ4n) is 5.59. The zero-order valence-corrected chi connectivity index (χ0v) is 29.2. The molecule has 10 nitrogen and oxygen atoms in total. The highest BCUT2D eigenvalue weighted by Crippen LogP contribution is 2.44. The van der Waals surface area contributed by atoms with Crippen molar-refractivity contribution in [1.82, 2.24) is 29.5 Å². The third kappa shape index (κ3) is 8.83. The lowest BCUT2D eigenvalue weighted by Gasteiger charge is -2.38. The average molecular weight is 700 g/mol. The smallest absolute Gasteiger partial charge is 0.340 e. The van der Waals surface area contributed by atoms with Crippen molar-refractivity contribution in [1.29, 1.82) is 5.26 Å². The van der Waals surface area contributed by atoms with Gasteiger partial charge in [0.1, 0.15) is 29.9 Å². The van der Waals surface area contributed by atoms with Crippen molar-refractivity contribution in [3.8, 4) is 17.3 Å². The van der Waals surface area contributed by atoms with E-state index in [4.69, 9.17) is 14.5 Å². The van der Waals surface area contributed by atoms with Gasteiger partial charge in [-0.1, -0.05) is 44.2 Å². The van der Waals surface area contributed by atoms with E-state index in [9.17, 15) is 14.4 Å². The lowest BCUT2D eigenvalue weighted by molar-refractivity contribution is -0.148. The SMILES string of the molecule is CCN(CCN(C)C)Cc1ccc(C(=O)OCO[C@@](Cn2cncn2)(c2ccc(F)cc2F)[C@@H](C)c2nc(-c3ccc(C#N)cc3)cs2)cc1. The second kappa shape index (κ2) is 16.7. The minimum absolute atomic E-state index is 0.0344. The maximum Gasteiger partial charge on any atom is 0.340 e. The summed E-state index contributed by atoms with van der Waals surface area (Å²) in [5, 5.41) is 15.9. The van der Waals surface area contributed by atoms with Crippen LogP contribution in [0.15, 0.2) is 84.8 Å². The minimum atomic E-state index is -1.58. The molecule has 0 aliphatic rings. The van der Waals surface area contributed by atoms with Crippen LogP contribution in [0.3, 0.4) is 0 Å². The molecular weight excluding hydrogens is 661 g/mol. The number of aromatic nitrogens is 4. The summed E-state index contributed by atoms with van der Waals surface area (Å²) in [6.45, 7) is 6.85. The highest BCUT2D eigenvalue weighted by molar-refractivity contribution is 7.10. The molecular formula is C37H39F2N7O3S. The van der Waals surface area contributed by atoms with E-state index in [0.29, 0.717) is 21.8 Å². The molecule has 2 aromatic heterocycles. The van der Waals surface area contributed by atoms with E-state index in [-0.39, 0.29) is 12.1 Å². The number of halogens is 2. The number of carbonyl (C=O) groups excluding carboxylic acids is 1. The number of thiazole rings is 1. The van der Waals surface area contributed by atoms with Gasteiger partial charge in [0, 0.05) is 48.1 Å². The Morgan fingerprint density at radius 2 is 1.84 bits per heavy atom. The zero-order chi connectivity index (χ0) is 35.7. The van der Waals surface area contributed by atoms with Crippen molar-refractivity contribution in [2.45, 2.75) is 38.5 Å². The molecule has 3 aromatic carbocycles. The molecule has 0 unspecified atom stereocenters. The van der Waals surface area contributed by atoms with Crippen LogP contribution in [0.5, 0.6) is 0 Å². The third-order valence-corrected chi connectivity index (χ3v) is 9.59. The minimum Gasteiger partial charge on any atom is -0.435 e. The van der Waals surface area contributed by atoms with Gasteiger partial charge in [0.2, 0.25) is 0 Å². The van der Waals surface area contributed by atoms with E-state index in [0.717, 1.165) is 49.4 Å². The van der Waals surface area contributed by atoms with Crippen molar-refractivity contribution in [2.75, 3.05) is 40.5 Å². The number of likely N-dealkylation sites (N-methyl/N-ethyl adjacent to an activating group) is 2. The quantitative estimate of drug-likeness (QED) is 0.0846. The van der Waals surface area contributed by atoms with E-state index in [1.165, 1.54) is 34.7 Å². The first kappa shape index (κ1) is 36.4. The first-order valence-corrected chi connectivity index (χ1v) is 17.0. The molecule has 0 fully saturated rings. The molecule has 0 saturated carbocycles. The number of carbonyl (C=O) groups is 1. The Balaban J connectivity index is 1.40. The maximum absolute atomic E-state index is 15.8. The molecule has 0 aliphatic carbocycles. The number of hydrogen-bond acceptors (Lipinski definition) is 10. The molecule has 5 rings (SSSR count). The van der Waals surface area contributed by atoms with Gasteiger partial charge in [-0.3, -0.25) is 4.90 Å². The standard InChI is InChI=1S/C37H39F2N7O3S/c1-5-45(17-16-44(3)4)20-28-8-12-30(13-9-28)36(47)48-25-49-37(22-46-24-41-23-42-46,32-15-14-31(38)18-33(32)39)26(2)35-43-34(21-50-35)29-10-6-27(19-40)7-11-29/h6-15,18,21,23-24,26H,5,16-17,20,22,25H2,1-4H3/t26-,37+/m0/s1. The van der Waals surface area contributed by atoms with E-state index in [1.54, 1.807) is 36.4 Å². The molecule has 0 aliphatic heterocycles. The van der Waals surface area contributed by atoms with Crippen LogP contribution in [0.25, 0.3) is 11.3 Å². The molecule has 0 amide bonds. The van der Waals surface area contributed by atoms with Crippen molar-refractivity contribution in [2.24, 2.45) is 0 Å². The van der Waals surface area contributed by atoms with Crippen molar-refractivity contribution < 1.29 is 23.0 Å². The van der Waals surface area contributed by atoms with Crippen molar-refractivity contribution >= 4 is 17.3 Å². The zero-order valence-electron chi connectivity index (χ0n) is 28.4. The van der Waals surface area contributed by atoms with Crippen LogP contribution in [-0.4, -0.2) is 76.0 Å². The molecule has 2 heterocycles. The summed E-state index contributed by atoms with van der Waals surface area (Å²) >= 11 is 1.34. The van der Waals surface area contributed by atoms with E-state index >= 15 is 4.39 Å². The number of ether oxygens (including phenoxy) is 2. The van der Waals surface area contributed by atoms with Crippen LogP contribution in [-0.2, 0) is 28.2 Å². The lowest BCUT2D eigenvalue weighted by atomic mass is 9.81. The fourth-order valence-corrected chi connectivity index (χ4v) is 6.56. The lowest BCUT2D eigenvalue weighted by Crippen LogP contribution is -2.42. The summed E-state index contributed by atoms with van der Waals surface area (Å²) in [7, 11) is 4.09. The van der Waals surface area contributed by atoms with Gasteiger partial charge in [-0.2, -0.15) is 10.4 Å². The molecule has 0 spiro atoms. The monoisotopic (exact) mass is 699 g/mol. The van der Waals surface area contributed by atoms with Gasteiger partial charge in [-0.25, -0.2) is 28.2 Å². The van der Waals surface area contributed by atoms with E-state index in [2.05, 4.69) is 32.9 Å². The summed E-state index contributed by atoms with van der Waals surface area (Å²) in [5.74, 6) is -2.86. The molecule has 260 valence electrons. The predicted octanol–water partition coefficient (Wildman–Crippen LogP) is 6.47. The molecule has 0 N–H and O–H groups in total. The highest BCUT2D eigenvalue weighted by atomic mass is 32.1. The molecule has 5 aromatic rings. The Bertz CT molecular complexity index is 1890. The predicted molar refractivity (Wildman–Crippen MR) is 186 cm³/mol. The number of hydrogen-bond donors (Lipinski definition) is 0. The number of esters is 1. The Kier molecular flexibility index (Phi) is 12.2. The largest absolute Gasteiger partial charge is 0.435 e. The van der Waals surface area contributed by atoms with Gasteiger partial charge in [0.25, 0.3) is 0 Å². The normalized spacial score (nSPS) is 13.3. The van der Waals surface area contributed by atoms with Crippen LogP contribution < -0.4 is 0 Å². The van der Waals surface area contributed by atoms with Crippen LogP contribution in [0.2, 0.25) is 0 Å². The summed E-state index contributed by atoms with van der Waals surface area (Å²) < 4.78 is 43.5. The summed E-state index contributed by atoms with van der Waals surface area (Å²) in [6.07, 6.45) is 2.80. The Labute approximate surface area is 294 Å². The molecule has 0 bridgehead atoms. The Morgan fingerprint density at radius 1 is 1.08 bits per heavy atom. The van der Waals surface area contributed by atoms with Gasteiger partial charge in [-0.05, 0) is 56.5 Å². The third-order valence-electron chi connectivity index (χ3n) is 8.57. The van der Waals surface area contributed by atoms with Crippen LogP contribution in [0, 0.1) is 23.0 Å². The Hall–Kier alpha value is -4.87. The van der Waals surface area contributed by atoms with Gasteiger partial charge in [-0.15, -0.1) is 11.3 Å². The number of nitriles is 1. The first-order chi connectivity index (χ1) is 24.1. The summed E-state index contributed by atoms with van der Waals surface area (Å²) in [6, 6.07) is 19.6. The number of benzene rings is 3. The number of nitrogens with zero attached hydrogens (tertiary/aromatic N) is 7. The van der Waals surface area contributed by atoms with Gasteiger partial charge in [0.15, 0.2) is 6.79 Å². The summed E-state index contributed by atoms with van der Waals surface area (Å²) in [4.78, 5) is 26.6. The van der Waals surface area contributed by atoms with Crippen LogP contribution in [0.4, 0.5) is 8.78 Å². The van der Waals surface area contributed by atoms with Gasteiger partial charge < -0.3 is 14.4 Å². The van der Waals surface area contributed by atoms with Crippen molar-refractivity contribution in [3.63, 3.8) is 0 Å². The van der Waals surface area contributed by atoms with E-state index < -0.39 is 35.9 Å². The van der Waals surface area contributed by atoms with Crippen LogP contribution >= 0.6 is 11.3 Å². The molecule has 50 heavy (non-hydrogen) atoms. The molecule has 13 heteroatoms. The molecule has 0 saturated heterocycles. The molecule has 2 atom stereocenters. The van der Waals surface area contributed by atoms with E-state index in [1.807, 2.05) is 38.5 Å². The second-order valence-corrected chi connectivity index (χ2v) is 13.0. The van der Waals surface area contributed by atoms with Gasteiger partial charge in [0.05, 0.1) is 34.4 Å². The second-order valence-electron chi connectivity index (χ2n) is 12.2. The Morgan fingerprint density at radius 3 is 2.48 bits per heavy atom. The van der Waals surface area contributed by atoms with Gasteiger partial charge >= 0.3 is 5.97 Å². The topological polar surface area (TPSA) is 109 Å². The van der Waals surface area contributed by atoms with Crippen LogP contribution in [0.1, 0.15) is 51.8 Å². The summed E-state index contributed by atoms with van der Waals surface area (Å²) in [5.41, 5.74) is 1.83. The average Bonchev–Trinajstić information content (AvgIpc) is 3.82. The first-order valence-electron chi connectivity index (χ1n) is 16.1. The molecule has 0 radical (unpaired) electrons.